The lowest BCUT2D eigenvalue weighted by atomic mass is 10.1. The number of aryl methyl sites for hydroxylation is 2. The van der Waals surface area contributed by atoms with Crippen LogP contribution in [0.15, 0.2) is 9.31 Å². The van der Waals surface area contributed by atoms with Gasteiger partial charge in [0.1, 0.15) is 16.4 Å². The lowest BCUT2D eigenvalue weighted by Gasteiger charge is -2.21. The number of sulfonamides is 1. The molecule has 1 N–H and O–H groups in total. The van der Waals surface area contributed by atoms with Gasteiger partial charge in [-0.2, -0.15) is 0 Å². The summed E-state index contributed by atoms with van der Waals surface area (Å²) in [4.78, 5) is 2.33. The largest absolute Gasteiger partial charge is 0.465 e. The van der Waals surface area contributed by atoms with E-state index >= 15 is 0 Å². The minimum atomic E-state index is -3.64. The highest BCUT2D eigenvalue weighted by Crippen LogP contribution is 2.29. The molecule has 1 aliphatic heterocycles. The summed E-state index contributed by atoms with van der Waals surface area (Å²) in [6.45, 7) is 5.36. The van der Waals surface area contributed by atoms with E-state index in [0.29, 0.717) is 29.5 Å². The first-order chi connectivity index (χ1) is 9.77. The summed E-state index contributed by atoms with van der Waals surface area (Å²) in [5.41, 5.74) is 0.364. The zero-order valence-corrected chi connectivity index (χ0v) is 13.9. The molecule has 1 aromatic heterocycles. The van der Waals surface area contributed by atoms with Crippen molar-refractivity contribution in [3.8, 4) is 0 Å². The van der Waals surface area contributed by atoms with Crippen LogP contribution in [0.3, 0.4) is 0 Å². The molecule has 6 nitrogen and oxygen atoms in total. The zero-order valence-electron chi connectivity index (χ0n) is 13.1. The van der Waals surface area contributed by atoms with E-state index in [1.807, 2.05) is 7.05 Å². The van der Waals surface area contributed by atoms with Crippen molar-refractivity contribution in [2.45, 2.75) is 31.8 Å². The molecule has 0 spiro atoms. The summed E-state index contributed by atoms with van der Waals surface area (Å²) in [5.74, 6) is 1.15. The summed E-state index contributed by atoms with van der Waals surface area (Å²) in [5, 5.41) is 9.43. The van der Waals surface area contributed by atoms with Gasteiger partial charge in [0.25, 0.3) is 0 Å². The molecule has 2 rings (SSSR count). The first-order valence-electron chi connectivity index (χ1n) is 7.12. The molecule has 0 saturated carbocycles. The quantitative estimate of drug-likeness (QED) is 0.876. The van der Waals surface area contributed by atoms with Crippen molar-refractivity contribution in [2.75, 3.05) is 33.7 Å². The second-order valence-electron chi connectivity index (χ2n) is 5.88. The van der Waals surface area contributed by atoms with E-state index in [1.54, 1.807) is 20.9 Å². The van der Waals surface area contributed by atoms with Crippen molar-refractivity contribution in [3.63, 3.8) is 0 Å². The average molecular weight is 316 g/mol. The Morgan fingerprint density at radius 1 is 1.38 bits per heavy atom. The summed E-state index contributed by atoms with van der Waals surface area (Å²) in [6, 6.07) is 0. The lowest BCUT2D eigenvalue weighted by molar-refractivity contribution is 0.276. The highest BCUT2D eigenvalue weighted by Gasteiger charge is 2.32. The Balaban J connectivity index is 2.25. The number of hydrogen-bond acceptors (Lipinski definition) is 5. The molecule has 21 heavy (non-hydrogen) atoms. The maximum absolute atomic E-state index is 12.8. The maximum atomic E-state index is 12.8. The molecule has 0 aliphatic carbocycles. The Morgan fingerprint density at radius 2 is 2.05 bits per heavy atom. The number of likely N-dealkylation sites (tertiary alicyclic amines) is 1. The predicted molar refractivity (Wildman–Crippen MR) is 79.5 cm³/mol. The van der Waals surface area contributed by atoms with Crippen molar-refractivity contribution in [2.24, 2.45) is 5.92 Å². The first-order valence-corrected chi connectivity index (χ1v) is 8.56. The van der Waals surface area contributed by atoms with Gasteiger partial charge in [-0.25, -0.2) is 12.7 Å². The fourth-order valence-corrected chi connectivity index (χ4v) is 4.67. The van der Waals surface area contributed by atoms with Crippen LogP contribution in [0.2, 0.25) is 0 Å². The van der Waals surface area contributed by atoms with Crippen LogP contribution in [0.5, 0.6) is 0 Å². The lowest BCUT2D eigenvalue weighted by Crippen LogP contribution is -2.33. The minimum Gasteiger partial charge on any atom is -0.465 e. The molecule has 120 valence electrons. The van der Waals surface area contributed by atoms with Gasteiger partial charge in [0.2, 0.25) is 10.0 Å². The van der Waals surface area contributed by atoms with Gasteiger partial charge in [-0.3, -0.25) is 0 Å². The SMILES string of the molecule is Cc1oc(C)c(S(=O)(=O)N(C)CC2CCN(C)C2)c1CO. The number of hydrogen-bond donors (Lipinski definition) is 1. The second kappa shape index (κ2) is 6.08. The number of furan rings is 1. The van der Waals surface area contributed by atoms with E-state index in [9.17, 15) is 13.5 Å². The Morgan fingerprint density at radius 3 is 2.57 bits per heavy atom. The van der Waals surface area contributed by atoms with Crippen LogP contribution < -0.4 is 0 Å². The molecule has 1 atom stereocenters. The van der Waals surface area contributed by atoms with Gasteiger partial charge in [-0.15, -0.1) is 0 Å². The summed E-state index contributed by atoms with van der Waals surface area (Å²) >= 11 is 0. The Bertz CT molecular complexity index is 609. The Labute approximate surface area is 126 Å². The van der Waals surface area contributed by atoms with Gasteiger partial charge in [-0.05, 0) is 39.8 Å². The van der Waals surface area contributed by atoms with Gasteiger partial charge >= 0.3 is 0 Å². The predicted octanol–water partition coefficient (Wildman–Crippen LogP) is 0.961. The standard InChI is InChI=1S/C14H24N2O4S/c1-10-13(9-17)14(11(2)20-10)21(18,19)16(4)8-12-5-6-15(3)7-12/h12,17H,5-9H2,1-4H3. The molecule has 0 amide bonds. The average Bonchev–Trinajstić information content (AvgIpc) is 2.92. The third-order valence-electron chi connectivity index (χ3n) is 4.16. The topological polar surface area (TPSA) is 74.0 Å². The van der Waals surface area contributed by atoms with Crippen molar-refractivity contribution >= 4 is 10.0 Å². The third kappa shape index (κ3) is 3.15. The van der Waals surface area contributed by atoms with E-state index < -0.39 is 10.0 Å². The molecule has 0 radical (unpaired) electrons. The zero-order chi connectivity index (χ0) is 15.8. The van der Waals surface area contributed by atoms with E-state index in [4.69, 9.17) is 4.42 Å². The maximum Gasteiger partial charge on any atom is 0.246 e. The van der Waals surface area contributed by atoms with Crippen LogP contribution in [-0.2, 0) is 16.6 Å². The van der Waals surface area contributed by atoms with E-state index in [0.717, 1.165) is 19.5 Å². The molecule has 1 aromatic rings. The molecule has 0 aromatic carbocycles. The van der Waals surface area contributed by atoms with E-state index in [2.05, 4.69) is 4.90 Å². The van der Waals surface area contributed by atoms with Crippen LogP contribution in [0.4, 0.5) is 0 Å². The van der Waals surface area contributed by atoms with Crippen molar-refractivity contribution < 1.29 is 17.9 Å². The monoisotopic (exact) mass is 316 g/mol. The summed E-state index contributed by atoms with van der Waals surface area (Å²) in [7, 11) is 0.00197. The number of rotatable bonds is 5. The molecule has 1 unspecified atom stereocenters. The van der Waals surface area contributed by atoms with Gasteiger partial charge in [-0.1, -0.05) is 0 Å². The van der Waals surface area contributed by atoms with Crippen LogP contribution >= 0.6 is 0 Å². The molecular formula is C14H24N2O4S. The molecule has 1 aliphatic rings. The van der Waals surface area contributed by atoms with Crippen molar-refractivity contribution in [1.82, 2.24) is 9.21 Å². The van der Waals surface area contributed by atoms with Crippen LogP contribution in [0, 0.1) is 19.8 Å². The van der Waals surface area contributed by atoms with Gasteiger partial charge in [0.15, 0.2) is 0 Å². The molecule has 7 heteroatoms. The molecule has 2 heterocycles. The van der Waals surface area contributed by atoms with Gasteiger partial charge in [0.05, 0.1) is 6.61 Å². The Kier molecular flexibility index (Phi) is 4.77. The van der Waals surface area contributed by atoms with Crippen LogP contribution in [0.1, 0.15) is 23.5 Å². The molecule has 1 saturated heterocycles. The minimum absolute atomic E-state index is 0.122. The molecule has 0 bridgehead atoms. The van der Waals surface area contributed by atoms with Crippen LogP contribution in [-0.4, -0.2) is 56.5 Å². The Hall–Kier alpha value is -0.890. The highest BCUT2D eigenvalue weighted by atomic mass is 32.2. The fraction of sp³-hybridized carbons (Fsp3) is 0.714. The first kappa shape index (κ1) is 16.5. The smallest absolute Gasteiger partial charge is 0.246 e. The molecular weight excluding hydrogens is 292 g/mol. The summed E-state index contributed by atoms with van der Waals surface area (Å²) in [6.07, 6.45) is 1.01. The number of nitrogens with zero attached hydrogens (tertiary/aromatic N) is 2. The fourth-order valence-electron chi connectivity index (χ4n) is 3.02. The third-order valence-corrected chi connectivity index (χ3v) is 6.18. The van der Waals surface area contributed by atoms with Crippen LogP contribution in [0.25, 0.3) is 0 Å². The van der Waals surface area contributed by atoms with E-state index in [-0.39, 0.29) is 11.5 Å². The number of aliphatic hydroxyl groups excluding tert-OH is 1. The molecule has 1 fully saturated rings. The van der Waals surface area contributed by atoms with Crippen molar-refractivity contribution in [1.29, 1.82) is 0 Å². The van der Waals surface area contributed by atoms with Gasteiger partial charge in [0, 0.05) is 25.7 Å². The number of aliphatic hydroxyl groups is 1. The normalized spacial score (nSPS) is 20.6. The van der Waals surface area contributed by atoms with Gasteiger partial charge < -0.3 is 14.4 Å². The second-order valence-corrected chi connectivity index (χ2v) is 7.86. The van der Waals surface area contributed by atoms with Crippen molar-refractivity contribution in [3.05, 3.63) is 17.1 Å². The summed E-state index contributed by atoms with van der Waals surface area (Å²) < 4.78 is 32.3. The van der Waals surface area contributed by atoms with E-state index in [1.165, 1.54) is 4.31 Å². The highest BCUT2D eigenvalue weighted by molar-refractivity contribution is 7.89.